The summed E-state index contributed by atoms with van der Waals surface area (Å²) >= 11 is 0. The Morgan fingerprint density at radius 1 is 1.12 bits per heavy atom. The first kappa shape index (κ1) is 17.3. The van der Waals surface area contributed by atoms with Crippen LogP contribution < -0.4 is 20.7 Å². The van der Waals surface area contributed by atoms with Crippen LogP contribution in [0.25, 0.3) is 0 Å². The molecular formula is C17H20N4O3. The SMILES string of the molecule is CC(=O)Nc1cccc(OCCNC(=O)NCc2ccncc2)c1. The Hall–Kier alpha value is -3.09. The average Bonchev–Trinajstić information content (AvgIpc) is 2.58. The van der Waals surface area contributed by atoms with Gasteiger partial charge in [-0.1, -0.05) is 6.07 Å². The zero-order valence-corrected chi connectivity index (χ0v) is 13.4. The molecule has 1 aromatic carbocycles. The second kappa shape index (κ2) is 9.14. The number of ether oxygens (including phenoxy) is 1. The highest BCUT2D eigenvalue weighted by Gasteiger charge is 2.01. The van der Waals surface area contributed by atoms with Crippen LogP contribution in [0, 0.1) is 0 Å². The molecule has 3 N–H and O–H groups in total. The summed E-state index contributed by atoms with van der Waals surface area (Å²) in [5, 5.41) is 8.14. The Morgan fingerprint density at radius 3 is 2.67 bits per heavy atom. The van der Waals surface area contributed by atoms with Gasteiger partial charge in [-0.2, -0.15) is 0 Å². The molecule has 0 unspecified atom stereocenters. The Labute approximate surface area is 140 Å². The van der Waals surface area contributed by atoms with E-state index >= 15 is 0 Å². The van der Waals surface area contributed by atoms with Crippen LogP contribution in [0.3, 0.4) is 0 Å². The number of pyridine rings is 1. The highest BCUT2D eigenvalue weighted by molar-refractivity contribution is 5.88. The first-order valence-electron chi connectivity index (χ1n) is 7.54. The first-order valence-corrected chi connectivity index (χ1v) is 7.54. The standard InChI is InChI=1S/C17H20N4O3/c1-13(22)21-15-3-2-4-16(11-15)24-10-9-19-17(23)20-12-14-5-7-18-8-6-14/h2-8,11H,9-10,12H2,1H3,(H,21,22)(H2,19,20,23). The fourth-order valence-corrected chi connectivity index (χ4v) is 1.95. The fourth-order valence-electron chi connectivity index (χ4n) is 1.95. The number of amides is 3. The Balaban J connectivity index is 1.65. The molecule has 7 heteroatoms. The molecule has 1 aromatic heterocycles. The van der Waals surface area contributed by atoms with Gasteiger partial charge in [0.05, 0.1) is 6.54 Å². The molecule has 0 spiro atoms. The minimum Gasteiger partial charge on any atom is -0.492 e. The third-order valence-corrected chi connectivity index (χ3v) is 3.01. The molecule has 2 rings (SSSR count). The van der Waals surface area contributed by atoms with Gasteiger partial charge in [0.25, 0.3) is 0 Å². The van der Waals surface area contributed by atoms with E-state index in [1.807, 2.05) is 12.1 Å². The Bertz CT molecular complexity index is 677. The Kier molecular flexibility index (Phi) is 6.58. The van der Waals surface area contributed by atoms with E-state index in [1.54, 1.807) is 36.7 Å². The quantitative estimate of drug-likeness (QED) is 0.677. The summed E-state index contributed by atoms with van der Waals surface area (Å²) < 4.78 is 5.54. The van der Waals surface area contributed by atoms with Crippen LogP contribution >= 0.6 is 0 Å². The number of nitrogens with zero attached hydrogens (tertiary/aromatic N) is 1. The van der Waals surface area contributed by atoms with E-state index in [-0.39, 0.29) is 11.9 Å². The monoisotopic (exact) mass is 328 g/mol. The van der Waals surface area contributed by atoms with Gasteiger partial charge in [-0.25, -0.2) is 4.79 Å². The van der Waals surface area contributed by atoms with E-state index in [9.17, 15) is 9.59 Å². The maximum Gasteiger partial charge on any atom is 0.315 e. The summed E-state index contributed by atoms with van der Waals surface area (Å²) in [7, 11) is 0. The van der Waals surface area contributed by atoms with E-state index in [1.165, 1.54) is 6.92 Å². The number of hydrogen-bond acceptors (Lipinski definition) is 4. The van der Waals surface area contributed by atoms with Crippen molar-refractivity contribution in [2.75, 3.05) is 18.5 Å². The van der Waals surface area contributed by atoms with Crippen molar-refractivity contribution in [3.63, 3.8) is 0 Å². The van der Waals surface area contributed by atoms with E-state index in [2.05, 4.69) is 20.9 Å². The largest absolute Gasteiger partial charge is 0.492 e. The molecule has 0 fully saturated rings. The molecule has 0 aliphatic carbocycles. The zero-order valence-electron chi connectivity index (χ0n) is 13.4. The molecule has 126 valence electrons. The molecule has 0 saturated carbocycles. The molecule has 24 heavy (non-hydrogen) atoms. The van der Waals surface area contributed by atoms with Crippen LogP contribution in [0.2, 0.25) is 0 Å². The number of hydrogen-bond donors (Lipinski definition) is 3. The van der Waals surface area contributed by atoms with Gasteiger partial charge in [-0.05, 0) is 29.8 Å². The summed E-state index contributed by atoms with van der Waals surface area (Å²) in [6.07, 6.45) is 3.36. The third-order valence-electron chi connectivity index (χ3n) is 3.01. The number of nitrogens with one attached hydrogen (secondary N) is 3. The second-order valence-corrected chi connectivity index (χ2v) is 5.02. The predicted octanol–water partition coefficient (Wildman–Crippen LogP) is 1.92. The zero-order chi connectivity index (χ0) is 17.2. The van der Waals surface area contributed by atoms with Crippen LogP contribution in [0.1, 0.15) is 12.5 Å². The van der Waals surface area contributed by atoms with Crippen LogP contribution in [0.5, 0.6) is 5.75 Å². The van der Waals surface area contributed by atoms with Crippen LogP contribution in [-0.2, 0) is 11.3 Å². The normalized spacial score (nSPS) is 9.88. The summed E-state index contributed by atoms with van der Waals surface area (Å²) in [5.74, 6) is 0.486. The number of carbonyl (C=O) groups is 2. The number of urea groups is 1. The summed E-state index contributed by atoms with van der Waals surface area (Å²) in [4.78, 5) is 26.6. The van der Waals surface area contributed by atoms with Gasteiger partial charge in [-0.3, -0.25) is 9.78 Å². The first-order chi connectivity index (χ1) is 11.6. The molecule has 0 bridgehead atoms. The van der Waals surface area contributed by atoms with E-state index in [0.717, 1.165) is 5.56 Å². The molecule has 0 aliphatic rings. The molecule has 1 heterocycles. The minimum absolute atomic E-state index is 0.139. The highest BCUT2D eigenvalue weighted by Crippen LogP contribution is 2.16. The van der Waals surface area contributed by atoms with Crippen molar-refractivity contribution in [3.8, 4) is 5.75 Å². The lowest BCUT2D eigenvalue weighted by Gasteiger charge is -2.10. The van der Waals surface area contributed by atoms with Crippen molar-refractivity contribution < 1.29 is 14.3 Å². The lowest BCUT2D eigenvalue weighted by molar-refractivity contribution is -0.114. The maximum atomic E-state index is 11.7. The van der Waals surface area contributed by atoms with Gasteiger partial charge < -0.3 is 20.7 Å². The van der Waals surface area contributed by atoms with E-state index < -0.39 is 0 Å². The number of benzene rings is 1. The number of anilines is 1. The summed E-state index contributed by atoms with van der Waals surface area (Å²) in [5.41, 5.74) is 1.65. The minimum atomic E-state index is -0.262. The van der Waals surface area contributed by atoms with Crippen LogP contribution in [0.15, 0.2) is 48.8 Å². The number of rotatable bonds is 7. The molecular weight excluding hydrogens is 308 g/mol. The topological polar surface area (TPSA) is 92.4 Å². The lowest BCUT2D eigenvalue weighted by atomic mass is 10.3. The summed E-state index contributed by atoms with van der Waals surface area (Å²) in [6.45, 7) is 2.58. The van der Waals surface area contributed by atoms with Crippen molar-refractivity contribution in [3.05, 3.63) is 54.4 Å². The highest BCUT2D eigenvalue weighted by atomic mass is 16.5. The van der Waals surface area contributed by atoms with E-state index in [0.29, 0.717) is 31.1 Å². The Morgan fingerprint density at radius 2 is 1.92 bits per heavy atom. The lowest BCUT2D eigenvalue weighted by Crippen LogP contribution is -2.37. The number of aromatic nitrogens is 1. The molecule has 2 aromatic rings. The molecule has 7 nitrogen and oxygen atoms in total. The van der Waals surface area contributed by atoms with Crippen molar-refractivity contribution in [2.45, 2.75) is 13.5 Å². The molecule has 3 amide bonds. The van der Waals surface area contributed by atoms with E-state index in [4.69, 9.17) is 4.74 Å². The van der Waals surface area contributed by atoms with Gasteiger partial charge in [0.1, 0.15) is 12.4 Å². The predicted molar refractivity (Wildman–Crippen MR) is 90.7 cm³/mol. The molecule has 0 saturated heterocycles. The van der Waals surface area contributed by atoms with Crippen molar-refractivity contribution in [2.24, 2.45) is 0 Å². The van der Waals surface area contributed by atoms with Crippen LogP contribution in [0.4, 0.5) is 10.5 Å². The van der Waals surface area contributed by atoms with Gasteiger partial charge in [-0.15, -0.1) is 0 Å². The molecule has 0 atom stereocenters. The maximum absolute atomic E-state index is 11.7. The summed E-state index contributed by atoms with van der Waals surface area (Å²) in [6, 6.07) is 10.5. The fraction of sp³-hybridized carbons (Fsp3) is 0.235. The average molecular weight is 328 g/mol. The smallest absolute Gasteiger partial charge is 0.315 e. The van der Waals surface area contributed by atoms with Crippen molar-refractivity contribution in [1.82, 2.24) is 15.6 Å². The third kappa shape index (κ3) is 6.35. The molecule has 0 radical (unpaired) electrons. The van der Waals surface area contributed by atoms with Crippen molar-refractivity contribution >= 4 is 17.6 Å². The number of carbonyl (C=O) groups excluding carboxylic acids is 2. The van der Waals surface area contributed by atoms with Gasteiger partial charge in [0.15, 0.2) is 0 Å². The van der Waals surface area contributed by atoms with Crippen molar-refractivity contribution in [1.29, 1.82) is 0 Å². The second-order valence-electron chi connectivity index (χ2n) is 5.02. The van der Waals surface area contributed by atoms with Gasteiger partial charge in [0, 0.05) is 37.6 Å². The van der Waals surface area contributed by atoms with Crippen LogP contribution in [-0.4, -0.2) is 30.1 Å². The molecule has 0 aliphatic heterocycles. The van der Waals surface area contributed by atoms with Gasteiger partial charge >= 0.3 is 6.03 Å². The van der Waals surface area contributed by atoms with Gasteiger partial charge in [0.2, 0.25) is 5.91 Å².